The Morgan fingerprint density at radius 2 is 2.05 bits per heavy atom. The Bertz CT molecular complexity index is 483. The molecule has 0 N–H and O–H groups in total. The molecule has 0 spiro atoms. The van der Waals surface area contributed by atoms with E-state index < -0.39 is 0 Å². The van der Waals surface area contributed by atoms with Crippen LogP contribution in [0.1, 0.15) is 70.8 Å². The van der Waals surface area contributed by atoms with Gasteiger partial charge in [0.15, 0.2) is 0 Å². The molecule has 1 aromatic carbocycles. The van der Waals surface area contributed by atoms with Gasteiger partial charge in [0, 0.05) is 12.3 Å². The van der Waals surface area contributed by atoms with Crippen molar-refractivity contribution in [2.45, 2.75) is 77.4 Å². The van der Waals surface area contributed by atoms with Crippen LogP contribution >= 0.6 is 0 Å². The fourth-order valence-electron chi connectivity index (χ4n) is 3.01. The smallest absolute Gasteiger partial charge is 0.305 e. The van der Waals surface area contributed by atoms with Gasteiger partial charge in [-0.3, -0.25) is 4.79 Å². The monoisotopic (exact) mass is 304 g/mol. The van der Waals surface area contributed by atoms with Gasteiger partial charge in [0.25, 0.3) is 0 Å². The summed E-state index contributed by atoms with van der Waals surface area (Å²) >= 11 is 0. The maximum Gasteiger partial charge on any atom is 0.305 e. The molecule has 0 aliphatic heterocycles. The number of esters is 1. The summed E-state index contributed by atoms with van der Waals surface area (Å²) in [4.78, 5) is 11.7. The Labute approximate surface area is 134 Å². The standard InChI is InChI=1S/C19H28O3/c1-4-14(3)21-16-10-8-9-15(13-16)17-11-6-7-12-18(17)22-19(20)5-2/h8-10,13-14,17-18H,4-7,11-12H2,1-3H3. The van der Waals surface area contributed by atoms with Crippen LogP contribution in [-0.4, -0.2) is 18.2 Å². The molecule has 2 rings (SSSR count). The highest BCUT2D eigenvalue weighted by atomic mass is 16.5. The summed E-state index contributed by atoms with van der Waals surface area (Å²) in [6.45, 7) is 6.05. The molecule has 0 aromatic heterocycles. The van der Waals surface area contributed by atoms with Crippen LogP contribution in [0.3, 0.4) is 0 Å². The largest absolute Gasteiger partial charge is 0.491 e. The lowest BCUT2D eigenvalue weighted by Gasteiger charge is -2.31. The van der Waals surface area contributed by atoms with E-state index in [0.717, 1.165) is 31.4 Å². The van der Waals surface area contributed by atoms with E-state index in [4.69, 9.17) is 9.47 Å². The fourth-order valence-corrected chi connectivity index (χ4v) is 3.01. The Balaban J connectivity index is 2.13. The van der Waals surface area contributed by atoms with Gasteiger partial charge in [-0.1, -0.05) is 32.4 Å². The first-order valence-corrected chi connectivity index (χ1v) is 8.60. The Morgan fingerprint density at radius 3 is 2.77 bits per heavy atom. The van der Waals surface area contributed by atoms with Crippen molar-refractivity contribution >= 4 is 5.97 Å². The quantitative estimate of drug-likeness (QED) is 0.705. The summed E-state index contributed by atoms with van der Waals surface area (Å²) in [5.41, 5.74) is 1.23. The van der Waals surface area contributed by atoms with E-state index in [-0.39, 0.29) is 18.2 Å². The van der Waals surface area contributed by atoms with Crippen LogP contribution in [0, 0.1) is 0 Å². The maximum absolute atomic E-state index is 11.7. The van der Waals surface area contributed by atoms with Gasteiger partial charge in [0.2, 0.25) is 0 Å². The first-order valence-electron chi connectivity index (χ1n) is 8.60. The topological polar surface area (TPSA) is 35.5 Å². The molecular weight excluding hydrogens is 276 g/mol. The van der Waals surface area contributed by atoms with Crippen molar-refractivity contribution < 1.29 is 14.3 Å². The van der Waals surface area contributed by atoms with E-state index in [9.17, 15) is 4.79 Å². The maximum atomic E-state index is 11.7. The van der Waals surface area contributed by atoms with Gasteiger partial charge in [-0.2, -0.15) is 0 Å². The molecular formula is C19H28O3. The molecule has 1 fully saturated rings. The molecule has 1 aliphatic carbocycles. The molecule has 3 nitrogen and oxygen atoms in total. The van der Waals surface area contributed by atoms with Gasteiger partial charge in [-0.25, -0.2) is 0 Å². The lowest BCUT2D eigenvalue weighted by Crippen LogP contribution is -2.28. The normalized spacial score (nSPS) is 22.9. The number of rotatable bonds is 6. The average Bonchev–Trinajstić information content (AvgIpc) is 2.55. The van der Waals surface area contributed by atoms with Crippen LogP contribution < -0.4 is 4.74 Å². The van der Waals surface area contributed by atoms with Crippen LogP contribution in [0.15, 0.2) is 24.3 Å². The van der Waals surface area contributed by atoms with Crippen molar-refractivity contribution in [2.24, 2.45) is 0 Å². The molecule has 1 aliphatic rings. The zero-order valence-electron chi connectivity index (χ0n) is 14.0. The predicted molar refractivity (Wildman–Crippen MR) is 88.2 cm³/mol. The van der Waals surface area contributed by atoms with Crippen molar-refractivity contribution in [1.82, 2.24) is 0 Å². The first-order chi connectivity index (χ1) is 10.6. The lowest BCUT2D eigenvalue weighted by atomic mass is 9.81. The van der Waals surface area contributed by atoms with E-state index >= 15 is 0 Å². The zero-order chi connectivity index (χ0) is 15.9. The molecule has 0 heterocycles. The third-order valence-corrected chi connectivity index (χ3v) is 4.47. The number of hydrogen-bond acceptors (Lipinski definition) is 3. The molecule has 122 valence electrons. The summed E-state index contributed by atoms with van der Waals surface area (Å²) in [6, 6.07) is 8.30. The highest BCUT2D eigenvalue weighted by molar-refractivity contribution is 5.69. The summed E-state index contributed by atoms with van der Waals surface area (Å²) in [6.07, 6.45) is 6.05. The Hall–Kier alpha value is -1.51. The van der Waals surface area contributed by atoms with Gasteiger partial charge in [-0.15, -0.1) is 0 Å². The van der Waals surface area contributed by atoms with Crippen molar-refractivity contribution in [3.05, 3.63) is 29.8 Å². The highest BCUT2D eigenvalue weighted by Gasteiger charge is 2.29. The minimum Gasteiger partial charge on any atom is -0.491 e. The fraction of sp³-hybridized carbons (Fsp3) is 0.632. The van der Waals surface area contributed by atoms with Crippen molar-refractivity contribution in [1.29, 1.82) is 0 Å². The van der Waals surface area contributed by atoms with Crippen LogP contribution in [0.2, 0.25) is 0 Å². The summed E-state index contributed by atoms with van der Waals surface area (Å²) < 4.78 is 11.6. The lowest BCUT2D eigenvalue weighted by molar-refractivity contribution is -0.151. The number of carbonyl (C=O) groups is 1. The average molecular weight is 304 g/mol. The molecule has 1 saturated carbocycles. The van der Waals surface area contributed by atoms with Crippen molar-refractivity contribution in [3.8, 4) is 5.75 Å². The minimum atomic E-state index is -0.0936. The second-order valence-corrected chi connectivity index (χ2v) is 6.18. The molecule has 3 unspecified atom stereocenters. The summed E-state index contributed by atoms with van der Waals surface area (Å²) in [7, 11) is 0. The van der Waals surface area contributed by atoms with E-state index in [2.05, 4.69) is 26.0 Å². The van der Waals surface area contributed by atoms with Crippen LogP contribution in [0.4, 0.5) is 0 Å². The van der Waals surface area contributed by atoms with Gasteiger partial charge in [0.1, 0.15) is 11.9 Å². The van der Waals surface area contributed by atoms with Crippen molar-refractivity contribution in [3.63, 3.8) is 0 Å². The first kappa shape index (κ1) is 16.9. The molecule has 0 radical (unpaired) electrons. The van der Waals surface area contributed by atoms with Crippen LogP contribution in [0.25, 0.3) is 0 Å². The van der Waals surface area contributed by atoms with E-state index in [1.54, 1.807) is 0 Å². The van der Waals surface area contributed by atoms with Crippen LogP contribution in [0.5, 0.6) is 5.75 Å². The number of carbonyl (C=O) groups excluding carboxylic acids is 1. The van der Waals surface area contributed by atoms with E-state index in [0.29, 0.717) is 12.3 Å². The molecule has 3 heteroatoms. The minimum absolute atomic E-state index is 0.0139. The second kappa shape index (κ2) is 8.21. The molecule has 0 bridgehead atoms. The number of benzene rings is 1. The van der Waals surface area contributed by atoms with Crippen LogP contribution in [-0.2, 0) is 9.53 Å². The molecule has 22 heavy (non-hydrogen) atoms. The summed E-state index contributed by atoms with van der Waals surface area (Å²) in [5, 5.41) is 0. The van der Waals surface area contributed by atoms with Gasteiger partial charge < -0.3 is 9.47 Å². The molecule has 0 saturated heterocycles. The SMILES string of the molecule is CCC(=O)OC1CCCCC1c1cccc(OC(C)CC)c1. The highest BCUT2D eigenvalue weighted by Crippen LogP contribution is 2.36. The Kier molecular flexibility index (Phi) is 6.29. The van der Waals surface area contributed by atoms with Crippen molar-refractivity contribution in [2.75, 3.05) is 0 Å². The third-order valence-electron chi connectivity index (χ3n) is 4.47. The zero-order valence-corrected chi connectivity index (χ0v) is 14.0. The second-order valence-electron chi connectivity index (χ2n) is 6.18. The number of hydrogen-bond donors (Lipinski definition) is 0. The van der Waals surface area contributed by atoms with E-state index in [1.807, 2.05) is 19.1 Å². The third kappa shape index (κ3) is 4.49. The van der Waals surface area contributed by atoms with Gasteiger partial charge in [0.05, 0.1) is 6.10 Å². The molecule has 0 amide bonds. The number of ether oxygens (including phenoxy) is 2. The van der Waals surface area contributed by atoms with E-state index in [1.165, 1.54) is 12.0 Å². The molecule has 1 aromatic rings. The molecule has 3 atom stereocenters. The van der Waals surface area contributed by atoms with Gasteiger partial charge in [-0.05, 0) is 50.3 Å². The van der Waals surface area contributed by atoms with Gasteiger partial charge >= 0.3 is 5.97 Å². The Morgan fingerprint density at radius 1 is 1.27 bits per heavy atom. The predicted octanol–water partition coefficient (Wildman–Crippen LogP) is 4.84. The summed E-state index contributed by atoms with van der Waals surface area (Å²) in [5.74, 6) is 1.12.